The fourth-order valence-corrected chi connectivity index (χ4v) is 4.10. The van der Waals surface area contributed by atoms with Crippen LogP contribution in [0.4, 0.5) is 0 Å². The molecule has 2 aliphatic carbocycles. The Morgan fingerprint density at radius 1 is 0.889 bits per heavy atom. The summed E-state index contributed by atoms with van der Waals surface area (Å²) in [6.45, 7) is 0. The molecule has 0 saturated heterocycles. The molecule has 2 N–H and O–H groups in total. The monoisotopic (exact) mass is 253 g/mol. The third-order valence-corrected chi connectivity index (χ3v) is 5.37. The van der Waals surface area contributed by atoms with E-state index < -0.39 is 0 Å². The summed E-state index contributed by atoms with van der Waals surface area (Å²) in [5.41, 5.74) is 6.67. The largest absolute Gasteiger partial charge is 0.377 e. The van der Waals surface area contributed by atoms with E-state index in [-0.39, 0.29) is 11.6 Å². The van der Waals surface area contributed by atoms with Crippen molar-refractivity contribution in [2.75, 3.05) is 7.11 Å². The molecule has 2 aliphatic rings. The van der Waals surface area contributed by atoms with Crippen molar-refractivity contribution in [2.24, 2.45) is 11.7 Å². The first-order chi connectivity index (χ1) is 8.78. The highest BCUT2D eigenvalue weighted by molar-refractivity contribution is 4.96. The van der Waals surface area contributed by atoms with Crippen molar-refractivity contribution >= 4 is 0 Å². The van der Waals surface area contributed by atoms with Gasteiger partial charge in [-0.1, -0.05) is 51.4 Å². The van der Waals surface area contributed by atoms with Crippen LogP contribution >= 0.6 is 0 Å². The Bertz CT molecular complexity index is 225. The van der Waals surface area contributed by atoms with Gasteiger partial charge in [-0.15, -0.1) is 0 Å². The van der Waals surface area contributed by atoms with E-state index in [2.05, 4.69) is 0 Å². The summed E-state index contributed by atoms with van der Waals surface area (Å²) in [5.74, 6) is 0.700. The van der Waals surface area contributed by atoms with Gasteiger partial charge in [0.25, 0.3) is 0 Å². The van der Waals surface area contributed by atoms with Crippen LogP contribution in [0.5, 0.6) is 0 Å². The van der Waals surface area contributed by atoms with Gasteiger partial charge in [0.05, 0.1) is 5.60 Å². The first-order valence-electron chi connectivity index (χ1n) is 8.09. The van der Waals surface area contributed by atoms with Crippen LogP contribution in [0.3, 0.4) is 0 Å². The van der Waals surface area contributed by atoms with Crippen molar-refractivity contribution < 1.29 is 4.74 Å². The molecule has 1 atom stereocenters. The zero-order chi connectivity index (χ0) is 12.8. The molecule has 0 bridgehead atoms. The summed E-state index contributed by atoms with van der Waals surface area (Å²) < 4.78 is 5.99. The highest BCUT2D eigenvalue weighted by atomic mass is 16.5. The van der Waals surface area contributed by atoms with E-state index in [4.69, 9.17) is 10.5 Å². The maximum atomic E-state index is 6.68. The van der Waals surface area contributed by atoms with Crippen LogP contribution < -0.4 is 5.73 Å². The number of ether oxygens (including phenoxy) is 1. The van der Waals surface area contributed by atoms with Crippen LogP contribution in [0.25, 0.3) is 0 Å². The Hall–Kier alpha value is -0.0800. The quantitative estimate of drug-likeness (QED) is 0.771. The molecule has 0 radical (unpaired) electrons. The summed E-state index contributed by atoms with van der Waals surface area (Å²) >= 11 is 0. The second-order valence-corrected chi connectivity index (χ2v) is 6.46. The number of hydrogen-bond donors (Lipinski definition) is 1. The molecule has 18 heavy (non-hydrogen) atoms. The summed E-state index contributed by atoms with van der Waals surface area (Å²) in [6.07, 6.45) is 15.9. The molecule has 2 saturated carbocycles. The normalized spacial score (nSPS) is 28.3. The number of rotatable bonds is 3. The van der Waals surface area contributed by atoms with E-state index in [1.165, 1.54) is 77.0 Å². The molecule has 0 amide bonds. The second kappa shape index (κ2) is 6.91. The molecule has 1 unspecified atom stereocenters. The molecule has 2 heteroatoms. The van der Waals surface area contributed by atoms with Crippen molar-refractivity contribution in [1.82, 2.24) is 0 Å². The molecule has 106 valence electrons. The van der Waals surface area contributed by atoms with Crippen LogP contribution in [-0.4, -0.2) is 18.8 Å². The van der Waals surface area contributed by atoms with Crippen LogP contribution in [-0.2, 0) is 4.74 Å². The van der Waals surface area contributed by atoms with Crippen molar-refractivity contribution in [3.63, 3.8) is 0 Å². The fraction of sp³-hybridized carbons (Fsp3) is 1.00. The highest BCUT2D eigenvalue weighted by Gasteiger charge is 2.40. The van der Waals surface area contributed by atoms with Gasteiger partial charge in [0.2, 0.25) is 0 Å². The van der Waals surface area contributed by atoms with Gasteiger partial charge in [0.15, 0.2) is 0 Å². The molecule has 0 aliphatic heterocycles. The first-order valence-corrected chi connectivity index (χ1v) is 8.09. The van der Waals surface area contributed by atoms with Gasteiger partial charge in [-0.3, -0.25) is 0 Å². The third-order valence-electron chi connectivity index (χ3n) is 5.37. The molecule has 0 spiro atoms. The van der Waals surface area contributed by atoms with Gasteiger partial charge in [-0.2, -0.15) is 0 Å². The zero-order valence-corrected chi connectivity index (χ0v) is 12.1. The maximum absolute atomic E-state index is 6.68. The Morgan fingerprint density at radius 2 is 1.39 bits per heavy atom. The lowest BCUT2D eigenvalue weighted by Gasteiger charge is -2.41. The minimum atomic E-state index is -0.00843. The Morgan fingerprint density at radius 3 is 1.89 bits per heavy atom. The van der Waals surface area contributed by atoms with E-state index in [0.717, 1.165) is 0 Å². The van der Waals surface area contributed by atoms with Crippen LogP contribution in [0, 0.1) is 5.92 Å². The summed E-state index contributed by atoms with van der Waals surface area (Å²) in [7, 11) is 1.89. The highest BCUT2D eigenvalue weighted by Crippen LogP contribution is 2.38. The molecule has 0 heterocycles. The first kappa shape index (κ1) is 14.3. The van der Waals surface area contributed by atoms with E-state index in [0.29, 0.717) is 5.92 Å². The van der Waals surface area contributed by atoms with Gasteiger partial charge < -0.3 is 10.5 Å². The van der Waals surface area contributed by atoms with Gasteiger partial charge in [-0.05, 0) is 31.6 Å². The van der Waals surface area contributed by atoms with Crippen molar-refractivity contribution in [2.45, 2.75) is 88.7 Å². The molecule has 2 nitrogen and oxygen atoms in total. The lowest BCUT2D eigenvalue weighted by molar-refractivity contribution is -0.0587. The van der Waals surface area contributed by atoms with Crippen LogP contribution in [0.2, 0.25) is 0 Å². The van der Waals surface area contributed by atoms with Gasteiger partial charge in [0.1, 0.15) is 0 Å². The summed E-state index contributed by atoms with van der Waals surface area (Å²) in [4.78, 5) is 0. The predicted octanol–water partition coefficient (Wildman–Crippen LogP) is 4.02. The van der Waals surface area contributed by atoms with Crippen LogP contribution in [0.15, 0.2) is 0 Å². The van der Waals surface area contributed by atoms with Gasteiger partial charge in [0, 0.05) is 13.2 Å². The molecule has 2 rings (SSSR count). The molecule has 0 aromatic carbocycles. The van der Waals surface area contributed by atoms with E-state index in [1.807, 2.05) is 7.11 Å². The second-order valence-electron chi connectivity index (χ2n) is 6.46. The van der Waals surface area contributed by atoms with Gasteiger partial charge in [-0.25, -0.2) is 0 Å². The van der Waals surface area contributed by atoms with Crippen LogP contribution in [0.1, 0.15) is 77.0 Å². The minimum Gasteiger partial charge on any atom is -0.377 e. The predicted molar refractivity (Wildman–Crippen MR) is 76.6 cm³/mol. The standard InChI is InChI=1S/C16H31NO/c1-18-16(12-8-4-5-9-13-16)15(17)14-10-6-2-3-7-11-14/h14-15H,2-13,17H2,1H3. The average molecular weight is 253 g/mol. The molecule has 0 aromatic rings. The molecule has 2 fully saturated rings. The van der Waals surface area contributed by atoms with Crippen molar-refractivity contribution in [3.05, 3.63) is 0 Å². The maximum Gasteiger partial charge on any atom is 0.0831 e. The average Bonchev–Trinajstić information content (AvgIpc) is 2.81. The minimum absolute atomic E-state index is 0.00843. The topological polar surface area (TPSA) is 35.2 Å². The van der Waals surface area contributed by atoms with E-state index in [9.17, 15) is 0 Å². The number of nitrogens with two attached hydrogens (primary N) is 1. The smallest absolute Gasteiger partial charge is 0.0831 e. The third kappa shape index (κ3) is 3.27. The lowest BCUT2D eigenvalue weighted by atomic mass is 9.77. The molecular weight excluding hydrogens is 222 g/mol. The Balaban J connectivity index is 2.04. The zero-order valence-electron chi connectivity index (χ0n) is 12.1. The summed E-state index contributed by atoms with van der Waals surface area (Å²) in [6, 6.07) is 0.263. The summed E-state index contributed by atoms with van der Waals surface area (Å²) in [5, 5.41) is 0. The SMILES string of the molecule is COC1(C(N)C2CCCCCC2)CCCCCC1. The fourth-order valence-electron chi connectivity index (χ4n) is 4.10. The van der Waals surface area contributed by atoms with Crippen molar-refractivity contribution in [3.8, 4) is 0 Å². The van der Waals surface area contributed by atoms with Gasteiger partial charge >= 0.3 is 0 Å². The number of methoxy groups -OCH3 is 1. The number of hydrogen-bond acceptors (Lipinski definition) is 2. The van der Waals surface area contributed by atoms with E-state index >= 15 is 0 Å². The van der Waals surface area contributed by atoms with E-state index in [1.54, 1.807) is 0 Å². The molecule has 0 aromatic heterocycles. The van der Waals surface area contributed by atoms with Crippen molar-refractivity contribution in [1.29, 1.82) is 0 Å². The Kier molecular flexibility index (Phi) is 5.50. The Labute approximate surface area is 113 Å². The lowest BCUT2D eigenvalue weighted by Crippen LogP contribution is -2.53. The molecular formula is C16H31NO.